The van der Waals surface area contributed by atoms with Gasteiger partial charge >= 0.3 is 0 Å². The van der Waals surface area contributed by atoms with Gasteiger partial charge in [-0.3, -0.25) is 4.90 Å². The monoisotopic (exact) mass is 444 g/mol. The summed E-state index contributed by atoms with van der Waals surface area (Å²) < 4.78 is 32.8. The van der Waals surface area contributed by atoms with Crippen LogP contribution in [0.4, 0.5) is 14.5 Å². The molecule has 0 spiro atoms. The third-order valence-corrected chi connectivity index (χ3v) is 5.59. The molecule has 160 valence electrons. The molecule has 0 aromatic heterocycles. The number of piperazine rings is 1. The van der Waals surface area contributed by atoms with Crippen molar-refractivity contribution in [3.63, 3.8) is 0 Å². The van der Waals surface area contributed by atoms with Crippen LogP contribution in [0.2, 0.25) is 0 Å². The average Bonchev–Trinajstić information content (AvgIpc) is 3.13. The number of halogens is 4. The smallest absolute Gasteiger partial charge is 0.165 e. The normalized spacial score (nSPS) is 16.0. The van der Waals surface area contributed by atoms with E-state index in [4.69, 9.17) is 4.74 Å². The third-order valence-electron chi connectivity index (χ3n) is 5.59. The Hall–Kier alpha value is -1.56. The van der Waals surface area contributed by atoms with Gasteiger partial charge in [-0.05, 0) is 73.2 Å². The summed E-state index contributed by atoms with van der Waals surface area (Å²) in [6.07, 6.45) is 4.01. The zero-order valence-corrected chi connectivity index (χ0v) is 18.0. The number of hydrogen-bond donors (Lipinski definition) is 0. The van der Waals surface area contributed by atoms with Crippen molar-refractivity contribution in [1.82, 2.24) is 4.90 Å². The molecule has 1 aliphatic heterocycles. The van der Waals surface area contributed by atoms with E-state index in [1.165, 1.54) is 17.7 Å². The highest BCUT2D eigenvalue weighted by molar-refractivity contribution is 5.85. The van der Waals surface area contributed by atoms with Crippen molar-refractivity contribution in [2.45, 2.75) is 25.7 Å². The molecule has 1 saturated heterocycles. The van der Waals surface area contributed by atoms with E-state index in [9.17, 15) is 8.78 Å². The van der Waals surface area contributed by atoms with Gasteiger partial charge in [0.25, 0.3) is 0 Å². The predicted molar refractivity (Wildman–Crippen MR) is 118 cm³/mol. The molecule has 1 heterocycles. The van der Waals surface area contributed by atoms with Gasteiger partial charge in [-0.1, -0.05) is 0 Å². The lowest BCUT2D eigenvalue weighted by molar-refractivity contribution is 0.221. The summed E-state index contributed by atoms with van der Waals surface area (Å²) in [6.45, 7) is 5.31. The van der Waals surface area contributed by atoms with Crippen LogP contribution in [-0.2, 0) is 12.8 Å². The van der Waals surface area contributed by atoms with Gasteiger partial charge < -0.3 is 9.64 Å². The van der Waals surface area contributed by atoms with E-state index in [0.717, 1.165) is 69.7 Å². The molecule has 4 rings (SSSR count). The van der Waals surface area contributed by atoms with Crippen LogP contribution in [0.15, 0.2) is 36.4 Å². The molecule has 2 aliphatic rings. The number of anilines is 1. The van der Waals surface area contributed by atoms with Gasteiger partial charge in [-0.15, -0.1) is 24.8 Å². The maximum atomic E-state index is 14.1. The number of fused-ring (bicyclic) bond motifs is 1. The number of aryl methyl sites for hydroxylation is 2. The molecule has 0 N–H and O–H groups in total. The highest BCUT2D eigenvalue weighted by Crippen LogP contribution is 2.29. The van der Waals surface area contributed by atoms with Gasteiger partial charge in [-0.2, -0.15) is 0 Å². The number of benzene rings is 2. The molecule has 7 heteroatoms. The Morgan fingerprint density at radius 1 is 0.862 bits per heavy atom. The van der Waals surface area contributed by atoms with E-state index in [1.54, 1.807) is 6.07 Å². The minimum absolute atomic E-state index is 0. The number of nitrogens with zero attached hydrogens (tertiary/aromatic N) is 2. The molecule has 2 aromatic carbocycles. The Morgan fingerprint density at radius 3 is 2.21 bits per heavy atom. The highest BCUT2D eigenvalue weighted by Gasteiger charge is 2.18. The summed E-state index contributed by atoms with van der Waals surface area (Å²) in [5.74, 6) is -0.0301. The lowest BCUT2D eigenvalue weighted by Gasteiger charge is -2.36. The zero-order chi connectivity index (χ0) is 18.6. The van der Waals surface area contributed by atoms with Gasteiger partial charge in [0.05, 0.1) is 6.61 Å². The van der Waals surface area contributed by atoms with E-state index in [1.807, 2.05) is 18.2 Å². The van der Waals surface area contributed by atoms with Gasteiger partial charge in [-0.25, -0.2) is 8.78 Å². The first-order chi connectivity index (χ1) is 13.2. The van der Waals surface area contributed by atoms with Gasteiger partial charge in [0.1, 0.15) is 5.82 Å². The molecular weight excluding hydrogens is 417 g/mol. The van der Waals surface area contributed by atoms with Crippen molar-refractivity contribution < 1.29 is 13.5 Å². The van der Waals surface area contributed by atoms with Crippen LogP contribution >= 0.6 is 24.8 Å². The lowest BCUT2D eigenvalue weighted by atomic mass is 10.1. The molecule has 0 atom stereocenters. The summed E-state index contributed by atoms with van der Waals surface area (Å²) >= 11 is 0. The van der Waals surface area contributed by atoms with E-state index in [0.29, 0.717) is 12.4 Å². The molecule has 0 radical (unpaired) electrons. The molecule has 0 saturated carbocycles. The topological polar surface area (TPSA) is 15.7 Å². The summed E-state index contributed by atoms with van der Waals surface area (Å²) in [7, 11) is 0. The first kappa shape index (κ1) is 23.7. The SMILES string of the molecule is Cl.Cl.Fc1ccc(N2CCN(CCCOc3cc4c(cc3F)CCC4)CC2)cc1. The Labute approximate surface area is 183 Å². The summed E-state index contributed by atoms with van der Waals surface area (Å²) in [6, 6.07) is 10.2. The van der Waals surface area contributed by atoms with Crippen molar-refractivity contribution in [2.24, 2.45) is 0 Å². The fourth-order valence-corrected chi connectivity index (χ4v) is 4.03. The van der Waals surface area contributed by atoms with Crippen molar-refractivity contribution >= 4 is 30.5 Å². The quantitative estimate of drug-likeness (QED) is 0.589. The molecule has 0 amide bonds. The number of hydrogen-bond acceptors (Lipinski definition) is 3. The molecule has 29 heavy (non-hydrogen) atoms. The molecule has 0 unspecified atom stereocenters. The third kappa shape index (κ3) is 5.97. The minimum atomic E-state index is -0.233. The Kier molecular flexibility index (Phi) is 9.00. The van der Waals surface area contributed by atoms with Crippen molar-refractivity contribution in [2.75, 3.05) is 44.2 Å². The van der Waals surface area contributed by atoms with Crippen LogP contribution in [0.3, 0.4) is 0 Å². The largest absolute Gasteiger partial charge is 0.490 e. The molecular formula is C22H28Cl2F2N2O. The molecule has 1 fully saturated rings. The second kappa shape index (κ2) is 11.0. The lowest BCUT2D eigenvalue weighted by Crippen LogP contribution is -2.46. The Bertz CT molecular complexity index is 781. The van der Waals surface area contributed by atoms with Crippen molar-refractivity contribution in [1.29, 1.82) is 0 Å². The van der Waals surface area contributed by atoms with Crippen molar-refractivity contribution in [3.8, 4) is 5.75 Å². The van der Waals surface area contributed by atoms with Crippen LogP contribution in [0.5, 0.6) is 5.75 Å². The molecule has 0 bridgehead atoms. The second-order valence-electron chi connectivity index (χ2n) is 7.41. The average molecular weight is 445 g/mol. The summed E-state index contributed by atoms with van der Waals surface area (Å²) in [5, 5.41) is 0. The van der Waals surface area contributed by atoms with Crippen LogP contribution in [-0.4, -0.2) is 44.2 Å². The molecule has 1 aliphatic carbocycles. The predicted octanol–water partition coefficient (Wildman–Crippen LogP) is 4.89. The van der Waals surface area contributed by atoms with Crippen LogP contribution < -0.4 is 9.64 Å². The van der Waals surface area contributed by atoms with Crippen LogP contribution in [0.25, 0.3) is 0 Å². The maximum absolute atomic E-state index is 14.1. The zero-order valence-electron chi connectivity index (χ0n) is 16.4. The van der Waals surface area contributed by atoms with Gasteiger partial charge in [0, 0.05) is 38.4 Å². The van der Waals surface area contributed by atoms with E-state index in [2.05, 4.69) is 9.80 Å². The van der Waals surface area contributed by atoms with Gasteiger partial charge in [0.15, 0.2) is 11.6 Å². The first-order valence-corrected chi connectivity index (χ1v) is 9.86. The van der Waals surface area contributed by atoms with E-state index < -0.39 is 0 Å². The van der Waals surface area contributed by atoms with Crippen molar-refractivity contribution in [3.05, 3.63) is 59.2 Å². The Balaban J connectivity index is 0.00000150. The van der Waals surface area contributed by atoms with Crippen LogP contribution in [0.1, 0.15) is 24.0 Å². The van der Waals surface area contributed by atoms with E-state index in [-0.39, 0.29) is 36.4 Å². The Morgan fingerprint density at radius 2 is 1.52 bits per heavy atom. The maximum Gasteiger partial charge on any atom is 0.165 e. The minimum Gasteiger partial charge on any atom is -0.490 e. The standard InChI is InChI=1S/C22H26F2N2O.2ClH/c23-19-5-7-20(8-6-19)26-12-10-25(11-13-26)9-2-14-27-22-16-18-4-1-3-17(18)15-21(22)24;;/h5-8,15-16H,1-4,9-14H2;2*1H. The molecule has 3 nitrogen and oxygen atoms in total. The fourth-order valence-electron chi connectivity index (χ4n) is 4.03. The second-order valence-corrected chi connectivity index (χ2v) is 7.41. The fraction of sp³-hybridized carbons (Fsp3) is 0.455. The molecule has 2 aromatic rings. The number of ether oxygens (including phenoxy) is 1. The highest BCUT2D eigenvalue weighted by atomic mass is 35.5. The van der Waals surface area contributed by atoms with E-state index >= 15 is 0 Å². The van der Waals surface area contributed by atoms with Gasteiger partial charge in [0.2, 0.25) is 0 Å². The summed E-state index contributed by atoms with van der Waals surface area (Å²) in [5.41, 5.74) is 3.45. The number of rotatable bonds is 6. The first-order valence-electron chi connectivity index (χ1n) is 9.86. The summed E-state index contributed by atoms with van der Waals surface area (Å²) in [4.78, 5) is 4.69. The van der Waals surface area contributed by atoms with Crippen LogP contribution in [0, 0.1) is 11.6 Å².